The molecule has 7 heteroatoms. The van der Waals surface area contributed by atoms with Gasteiger partial charge in [-0.1, -0.05) is 19.1 Å². The van der Waals surface area contributed by atoms with Gasteiger partial charge in [0.05, 0.1) is 11.4 Å². The molecule has 1 aliphatic heterocycles. The highest BCUT2D eigenvalue weighted by atomic mass is 19.1. The molecule has 0 radical (unpaired) electrons. The van der Waals surface area contributed by atoms with E-state index in [4.69, 9.17) is 9.97 Å². The highest BCUT2D eigenvalue weighted by Gasteiger charge is 2.24. The summed E-state index contributed by atoms with van der Waals surface area (Å²) in [5.41, 5.74) is 2.66. The first-order chi connectivity index (χ1) is 14.9. The zero-order valence-electron chi connectivity index (χ0n) is 19.1. The van der Waals surface area contributed by atoms with Crippen LogP contribution in [0.15, 0.2) is 24.3 Å². The van der Waals surface area contributed by atoms with Crippen molar-refractivity contribution in [2.75, 3.05) is 44.6 Å². The van der Waals surface area contributed by atoms with Crippen molar-refractivity contribution in [2.24, 2.45) is 0 Å². The number of likely N-dealkylation sites (tertiary alicyclic amines) is 1. The maximum Gasteiger partial charge on any atom is 0.274 e. The van der Waals surface area contributed by atoms with Crippen molar-refractivity contribution in [3.63, 3.8) is 0 Å². The van der Waals surface area contributed by atoms with Crippen LogP contribution in [0, 0.1) is 12.7 Å². The molecule has 1 aliphatic rings. The number of carbonyl (C=O) groups is 1. The number of aryl methyl sites for hydroxylation is 1. The summed E-state index contributed by atoms with van der Waals surface area (Å²) in [5, 5.41) is 3.45. The van der Waals surface area contributed by atoms with Crippen LogP contribution in [0.4, 0.5) is 10.2 Å². The van der Waals surface area contributed by atoms with E-state index in [0.717, 1.165) is 31.7 Å². The van der Waals surface area contributed by atoms with Gasteiger partial charge >= 0.3 is 0 Å². The third-order valence-corrected chi connectivity index (χ3v) is 6.05. The number of aromatic nitrogens is 2. The highest BCUT2D eigenvalue weighted by Crippen LogP contribution is 2.29. The summed E-state index contributed by atoms with van der Waals surface area (Å²) in [6, 6.07) is 6.44. The molecule has 6 nitrogen and oxygen atoms in total. The summed E-state index contributed by atoms with van der Waals surface area (Å²) in [5.74, 6) is 0.189. The standard InChI is InChI=1S/C24H34FN5O/c1-5-30(6-2)24(31)22-18(4)27-23(26-13-16-29-14-7-8-15-29)21(28-22)17(3)19-9-11-20(25)12-10-19/h9-12,17H,5-8,13-16H2,1-4H3,(H,26,27). The number of hydrogen-bond donors (Lipinski definition) is 1. The minimum absolute atomic E-state index is 0.105. The number of benzene rings is 1. The second-order valence-electron chi connectivity index (χ2n) is 8.12. The Hall–Kier alpha value is -2.54. The molecule has 1 N–H and O–H groups in total. The van der Waals surface area contributed by atoms with Gasteiger partial charge in [0.1, 0.15) is 17.3 Å². The molecule has 1 unspecified atom stereocenters. The second-order valence-corrected chi connectivity index (χ2v) is 8.12. The quantitative estimate of drug-likeness (QED) is 0.654. The average molecular weight is 428 g/mol. The van der Waals surface area contributed by atoms with Crippen molar-refractivity contribution < 1.29 is 9.18 Å². The molecule has 3 rings (SSSR count). The number of rotatable bonds is 9. The van der Waals surface area contributed by atoms with E-state index < -0.39 is 0 Å². The van der Waals surface area contributed by atoms with Gasteiger partial charge in [-0.25, -0.2) is 14.4 Å². The van der Waals surface area contributed by atoms with Gasteiger partial charge in [-0.15, -0.1) is 0 Å². The van der Waals surface area contributed by atoms with Crippen LogP contribution >= 0.6 is 0 Å². The third-order valence-electron chi connectivity index (χ3n) is 6.05. The first kappa shape index (κ1) is 23.1. The van der Waals surface area contributed by atoms with E-state index >= 15 is 0 Å². The van der Waals surface area contributed by atoms with Gasteiger partial charge in [0.15, 0.2) is 0 Å². The number of nitrogens with one attached hydrogen (secondary N) is 1. The molecule has 2 aromatic rings. The van der Waals surface area contributed by atoms with Gasteiger partial charge in [-0.3, -0.25) is 4.79 Å². The number of anilines is 1. The van der Waals surface area contributed by atoms with Crippen molar-refractivity contribution in [1.29, 1.82) is 0 Å². The molecule has 1 aromatic carbocycles. The predicted octanol–water partition coefficient (Wildman–Crippen LogP) is 4.07. The van der Waals surface area contributed by atoms with Crippen LogP contribution in [0.25, 0.3) is 0 Å². The molecule has 2 heterocycles. The molecule has 0 bridgehead atoms. The predicted molar refractivity (Wildman–Crippen MR) is 122 cm³/mol. The Morgan fingerprint density at radius 1 is 1.16 bits per heavy atom. The fourth-order valence-electron chi connectivity index (χ4n) is 4.08. The van der Waals surface area contributed by atoms with Gasteiger partial charge in [0.25, 0.3) is 5.91 Å². The maximum atomic E-state index is 13.4. The zero-order valence-corrected chi connectivity index (χ0v) is 19.1. The fraction of sp³-hybridized carbons (Fsp3) is 0.542. The average Bonchev–Trinajstić information content (AvgIpc) is 3.28. The Kier molecular flexibility index (Phi) is 7.96. The van der Waals surface area contributed by atoms with Gasteiger partial charge in [-0.05, 0) is 64.4 Å². The van der Waals surface area contributed by atoms with E-state index in [0.29, 0.717) is 36.0 Å². The lowest BCUT2D eigenvalue weighted by atomic mass is 9.97. The van der Waals surface area contributed by atoms with Crippen molar-refractivity contribution in [1.82, 2.24) is 19.8 Å². The van der Waals surface area contributed by atoms with E-state index in [1.54, 1.807) is 17.0 Å². The summed E-state index contributed by atoms with van der Waals surface area (Å²) >= 11 is 0. The molecular formula is C24H34FN5O. The molecule has 1 amide bonds. The van der Waals surface area contributed by atoms with Gasteiger partial charge in [-0.2, -0.15) is 0 Å². The molecule has 0 spiro atoms. The van der Waals surface area contributed by atoms with E-state index in [1.807, 2.05) is 27.7 Å². The van der Waals surface area contributed by atoms with Crippen LogP contribution in [0.2, 0.25) is 0 Å². The first-order valence-corrected chi connectivity index (χ1v) is 11.3. The summed E-state index contributed by atoms with van der Waals surface area (Å²) < 4.78 is 13.4. The van der Waals surface area contributed by atoms with Crippen LogP contribution in [0.3, 0.4) is 0 Å². The minimum atomic E-state index is -0.271. The van der Waals surface area contributed by atoms with Crippen molar-refractivity contribution in [2.45, 2.75) is 46.5 Å². The lowest BCUT2D eigenvalue weighted by molar-refractivity contribution is 0.0765. The molecule has 31 heavy (non-hydrogen) atoms. The number of halogens is 1. The molecule has 1 fully saturated rings. The van der Waals surface area contributed by atoms with Crippen LogP contribution < -0.4 is 5.32 Å². The number of hydrogen-bond acceptors (Lipinski definition) is 5. The topological polar surface area (TPSA) is 61.4 Å². The maximum absolute atomic E-state index is 13.4. The normalized spacial score (nSPS) is 15.1. The minimum Gasteiger partial charge on any atom is -0.367 e. The number of carbonyl (C=O) groups excluding carboxylic acids is 1. The molecular weight excluding hydrogens is 393 g/mol. The summed E-state index contributed by atoms with van der Waals surface area (Å²) in [4.78, 5) is 26.8. The Morgan fingerprint density at radius 2 is 1.81 bits per heavy atom. The number of nitrogens with zero attached hydrogens (tertiary/aromatic N) is 4. The summed E-state index contributed by atoms with van der Waals surface area (Å²) in [6.45, 7) is 13.0. The lowest BCUT2D eigenvalue weighted by Crippen LogP contribution is -2.32. The molecule has 0 aliphatic carbocycles. The van der Waals surface area contributed by atoms with Gasteiger partial charge < -0.3 is 15.1 Å². The highest BCUT2D eigenvalue weighted by molar-refractivity contribution is 5.93. The Balaban J connectivity index is 1.92. The largest absolute Gasteiger partial charge is 0.367 e. The Labute approximate surface area is 184 Å². The monoisotopic (exact) mass is 427 g/mol. The molecule has 1 atom stereocenters. The van der Waals surface area contributed by atoms with Crippen molar-refractivity contribution >= 4 is 11.7 Å². The van der Waals surface area contributed by atoms with E-state index in [-0.39, 0.29) is 17.6 Å². The van der Waals surface area contributed by atoms with Crippen molar-refractivity contribution in [3.05, 3.63) is 52.7 Å². The van der Waals surface area contributed by atoms with Gasteiger partial charge in [0, 0.05) is 32.1 Å². The summed E-state index contributed by atoms with van der Waals surface area (Å²) in [6.07, 6.45) is 2.52. The molecule has 1 saturated heterocycles. The molecule has 168 valence electrons. The van der Waals surface area contributed by atoms with Crippen LogP contribution in [0.1, 0.15) is 67.0 Å². The fourth-order valence-corrected chi connectivity index (χ4v) is 4.08. The van der Waals surface area contributed by atoms with E-state index in [1.165, 1.54) is 25.0 Å². The first-order valence-electron chi connectivity index (χ1n) is 11.3. The second kappa shape index (κ2) is 10.7. The molecule has 0 saturated carbocycles. The number of amides is 1. The van der Waals surface area contributed by atoms with E-state index in [9.17, 15) is 9.18 Å². The summed E-state index contributed by atoms with van der Waals surface area (Å²) in [7, 11) is 0. The van der Waals surface area contributed by atoms with Crippen LogP contribution in [0.5, 0.6) is 0 Å². The van der Waals surface area contributed by atoms with Crippen LogP contribution in [-0.4, -0.2) is 64.9 Å². The Morgan fingerprint density at radius 3 is 2.42 bits per heavy atom. The van der Waals surface area contributed by atoms with Crippen LogP contribution in [-0.2, 0) is 0 Å². The van der Waals surface area contributed by atoms with Gasteiger partial charge in [0.2, 0.25) is 0 Å². The Bertz CT molecular complexity index is 876. The zero-order chi connectivity index (χ0) is 22.4. The third kappa shape index (κ3) is 5.58. The lowest BCUT2D eigenvalue weighted by Gasteiger charge is -2.23. The SMILES string of the molecule is CCN(CC)C(=O)c1nc(C(C)c2ccc(F)cc2)c(NCCN2CCCC2)nc1C. The molecule has 1 aromatic heterocycles. The van der Waals surface area contributed by atoms with Crippen molar-refractivity contribution in [3.8, 4) is 0 Å². The van der Waals surface area contributed by atoms with E-state index in [2.05, 4.69) is 10.2 Å². The smallest absolute Gasteiger partial charge is 0.274 e.